The first-order valence-corrected chi connectivity index (χ1v) is 8.16. The quantitative estimate of drug-likeness (QED) is 0.900. The molecule has 8 heteroatoms. The molecule has 1 aromatic carbocycles. The smallest absolute Gasteiger partial charge is 0.354 e. The lowest BCUT2D eigenvalue weighted by atomic mass is 9.78. The molecule has 0 bridgehead atoms. The highest BCUT2D eigenvalue weighted by Gasteiger charge is 2.38. The van der Waals surface area contributed by atoms with Crippen molar-refractivity contribution in [2.24, 2.45) is 0 Å². The summed E-state index contributed by atoms with van der Waals surface area (Å²) in [6, 6.07) is 5.46. The molecule has 1 aromatic heterocycles. The Balaban J connectivity index is 1.74. The lowest BCUT2D eigenvalue weighted by molar-refractivity contribution is -0.137. The van der Waals surface area contributed by atoms with Crippen LogP contribution in [0.2, 0.25) is 0 Å². The highest BCUT2D eigenvalue weighted by Crippen LogP contribution is 2.42. The number of aromatic nitrogens is 3. The largest absolute Gasteiger partial charge is 0.416 e. The van der Waals surface area contributed by atoms with Gasteiger partial charge in [0.05, 0.1) is 5.56 Å². The third kappa shape index (κ3) is 4.00. The van der Waals surface area contributed by atoms with Gasteiger partial charge in [0.2, 0.25) is 5.91 Å². The lowest BCUT2D eigenvalue weighted by Crippen LogP contribution is -2.40. The number of nitrogens with zero attached hydrogens (tertiary/aromatic N) is 3. The van der Waals surface area contributed by atoms with Gasteiger partial charge in [-0.1, -0.05) is 31.0 Å². The van der Waals surface area contributed by atoms with Gasteiger partial charge in [-0.2, -0.15) is 18.3 Å². The summed E-state index contributed by atoms with van der Waals surface area (Å²) in [5, 5.41) is 6.72. The number of nitrogens with one attached hydrogen (secondary N) is 1. The van der Waals surface area contributed by atoms with E-state index in [1.165, 1.54) is 29.5 Å². The van der Waals surface area contributed by atoms with Crippen LogP contribution in [-0.2, 0) is 22.9 Å². The van der Waals surface area contributed by atoms with E-state index in [0.717, 1.165) is 31.7 Å². The van der Waals surface area contributed by atoms with Crippen LogP contribution < -0.4 is 5.32 Å². The van der Waals surface area contributed by atoms with Crippen LogP contribution in [0.1, 0.15) is 36.8 Å². The number of alkyl halides is 3. The first-order chi connectivity index (χ1) is 11.9. The zero-order valence-electron chi connectivity index (χ0n) is 13.6. The molecule has 1 aliphatic rings. The van der Waals surface area contributed by atoms with Crippen molar-refractivity contribution in [3.05, 3.63) is 48.0 Å². The summed E-state index contributed by atoms with van der Waals surface area (Å²) in [7, 11) is 0. The third-order valence-electron chi connectivity index (χ3n) is 4.76. The van der Waals surface area contributed by atoms with E-state index in [4.69, 9.17) is 0 Å². The van der Waals surface area contributed by atoms with Gasteiger partial charge in [0.1, 0.15) is 19.2 Å². The van der Waals surface area contributed by atoms with E-state index >= 15 is 0 Å². The normalized spacial score (nSPS) is 16.8. The molecule has 1 amide bonds. The second kappa shape index (κ2) is 6.85. The second-order valence-corrected chi connectivity index (χ2v) is 6.44. The van der Waals surface area contributed by atoms with Gasteiger partial charge in [0, 0.05) is 12.0 Å². The summed E-state index contributed by atoms with van der Waals surface area (Å²) in [6.45, 7) is 0.362. The molecule has 5 nitrogen and oxygen atoms in total. The average molecular weight is 352 g/mol. The number of amides is 1. The molecule has 1 fully saturated rings. The molecule has 0 aliphatic heterocycles. The predicted molar refractivity (Wildman–Crippen MR) is 84.6 cm³/mol. The fourth-order valence-corrected chi connectivity index (χ4v) is 3.43. The van der Waals surface area contributed by atoms with E-state index < -0.39 is 17.2 Å². The maximum absolute atomic E-state index is 13.0. The van der Waals surface area contributed by atoms with E-state index in [2.05, 4.69) is 15.4 Å². The zero-order valence-corrected chi connectivity index (χ0v) is 13.6. The van der Waals surface area contributed by atoms with Gasteiger partial charge in [-0.05, 0) is 24.5 Å². The fraction of sp³-hybridized carbons (Fsp3) is 0.471. The van der Waals surface area contributed by atoms with E-state index in [1.54, 1.807) is 6.07 Å². The maximum atomic E-state index is 13.0. The minimum atomic E-state index is -4.37. The number of benzene rings is 1. The molecule has 0 spiro atoms. The van der Waals surface area contributed by atoms with Crippen LogP contribution in [-0.4, -0.2) is 27.2 Å². The summed E-state index contributed by atoms with van der Waals surface area (Å²) >= 11 is 0. The van der Waals surface area contributed by atoms with Gasteiger partial charge in [0.15, 0.2) is 0 Å². The highest BCUT2D eigenvalue weighted by molar-refractivity contribution is 5.75. The molecule has 1 heterocycles. The van der Waals surface area contributed by atoms with Crippen LogP contribution in [0.5, 0.6) is 0 Å². The summed E-state index contributed by atoms with van der Waals surface area (Å²) in [4.78, 5) is 15.9. The molecular weight excluding hydrogens is 333 g/mol. The van der Waals surface area contributed by atoms with E-state index in [9.17, 15) is 18.0 Å². The van der Waals surface area contributed by atoms with Crippen LogP contribution in [0.3, 0.4) is 0 Å². The van der Waals surface area contributed by atoms with E-state index in [0.29, 0.717) is 12.1 Å². The van der Waals surface area contributed by atoms with Crippen molar-refractivity contribution in [1.29, 1.82) is 0 Å². The molecule has 0 radical (unpaired) electrons. The number of halogens is 3. The van der Waals surface area contributed by atoms with Crippen molar-refractivity contribution < 1.29 is 18.0 Å². The summed E-state index contributed by atoms with van der Waals surface area (Å²) < 4.78 is 40.5. The van der Waals surface area contributed by atoms with Crippen molar-refractivity contribution in [2.75, 3.05) is 6.54 Å². The van der Waals surface area contributed by atoms with Crippen LogP contribution in [0.4, 0.5) is 13.2 Å². The van der Waals surface area contributed by atoms with Gasteiger partial charge in [-0.3, -0.25) is 4.79 Å². The Kier molecular flexibility index (Phi) is 4.78. The van der Waals surface area contributed by atoms with Crippen LogP contribution in [0.25, 0.3) is 0 Å². The molecule has 0 atom stereocenters. The Morgan fingerprint density at radius 1 is 1.28 bits per heavy atom. The summed E-state index contributed by atoms with van der Waals surface area (Å²) in [6.07, 6.45) is 1.82. The SMILES string of the molecule is O=C(Cn1cncn1)NCC1(c2cccc(C(F)(F)F)c2)CCCC1. The number of carbonyl (C=O) groups is 1. The van der Waals surface area contributed by atoms with Crippen molar-refractivity contribution >= 4 is 5.91 Å². The Bertz CT molecular complexity index is 722. The Labute approximate surface area is 143 Å². The third-order valence-corrected chi connectivity index (χ3v) is 4.76. The molecule has 3 rings (SSSR count). The Morgan fingerprint density at radius 2 is 2.04 bits per heavy atom. The van der Waals surface area contributed by atoms with Gasteiger partial charge in [-0.15, -0.1) is 0 Å². The van der Waals surface area contributed by atoms with Gasteiger partial charge in [-0.25, -0.2) is 9.67 Å². The van der Waals surface area contributed by atoms with E-state index in [-0.39, 0.29) is 12.5 Å². The first kappa shape index (κ1) is 17.4. The second-order valence-electron chi connectivity index (χ2n) is 6.44. The zero-order chi connectivity index (χ0) is 17.9. The monoisotopic (exact) mass is 352 g/mol. The average Bonchev–Trinajstić information content (AvgIpc) is 3.25. The van der Waals surface area contributed by atoms with Gasteiger partial charge < -0.3 is 5.32 Å². The molecule has 2 aromatic rings. The number of hydrogen-bond donors (Lipinski definition) is 1. The minimum Gasteiger partial charge on any atom is -0.354 e. The van der Waals surface area contributed by atoms with Crippen LogP contribution in [0, 0.1) is 0 Å². The van der Waals surface area contributed by atoms with Gasteiger partial charge >= 0.3 is 6.18 Å². The van der Waals surface area contributed by atoms with E-state index in [1.807, 2.05) is 0 Å². The number of rotatable bonds is 5. The standard InChI is InChI=1S/C17H19F3N4O/c18-17(19,20)14-5-3-4-13(8-14)16(6-1-2-7-16)10-22-15(25)9-24-12-21-11-23-24/h3-5,8,11-12H,1-2,6-7,9-10H2,(H,22,25). The van der Waals surface area contributed by atoms with Crippen molar-refractivity contribution in [1.82, 2.24) is 20.1 Å². The highest BCUT2D eigenvalue weighted by atomic mass is 19.4. The molecule has 0 unspecified atom stereocenters. The molecule has 25 heavy (non-hydrogen) atoms. The maximum Gasteiger partial charge on any atom is 0.416 e. The lowest BCUT2D eigenvalue weighted by Gasteiger charge is -2.30. The topological polar surface area (TPSA) is 59.8 Å². The molecule has 1 N–H and O–H groups in total. The van der Waals surface area contributed by atoms with Crippen molar-refractivity contribution in [3.8, 4) is 0 Å². The molecule has 134 valence electrons. The van der Waals surface area contributed by atoms with Crippen LogP contribution in [0.15, 0.2) is 36.9 Å². The molecule has 1 saturated carbocycles. The predicted octanol–water partition coefficient (Wildman–Crippen LogP) is 2.93. The molecule has 0 saturated heterocycles. The number of carbonyl (C=O) groups excluding carboxylic acids is 1. The summed E-state index contributed by atoms with van der Waals surface area (Å²) in [5.41, 5.74) is -0.453. The Morgan fingerprint density at radius 3 is 2.68 bits per heavy atom. The molecule has 1 aliphatic carbocycles. The van der Waals surface area contributed by atoms with Gasteiger partial charge in [0.25, 0.3) is 0 Å². The number of hydrogen-bond acceptors (Lipinski definition) is 3. The van der Waals surface area contributed by atoms with Crippen molar-refractivity contribution in [3.63, 3.8) is 0 Å². The molecular formula is C17H19F3N4O. The summed E-state index contributed by atoms with van der Waals surface area (Å²) in [5.74, 6) is -0.233. The van der Waals surface area contributed by atoms with Crippen LogP contribution >= 0.6 is 0 Å². The van der Waals surface area contributed by atoms with Crippen molar-refractivity contribution in [2.45, 2.75) is 43.8 Å². The minimum absolute atomic E-state index is 0.0403. The Hall–Kier alpha value is -2.38. The first-order valence-electron chi connectivity index (χ1n) is 8.16. The fourth-order valence-electron chi connectivity index (χ4n) is 3.43.